The third-order valence-corrected chi connectivity index (χ3v) is 3.33. The van der Waals surface area contributed by atoms with E-state index in [1.165, 1.54) is 0 Å². The first kappa shape index (κ1) is 15.8. The number of nitrogens with zero attached hydrogens (tertiary/aromatic N) is 2. The lowest BCUT2D eigenvalue weighted by atomic mass is 10.1. The fourth-order valence-electron chi connectivity index (χ4n) is 1.81. The zero-order valence-electron chi connectivity index (χ0n) is 9.87. The highest BCUT2D eigenvalue weighted by Crippen LogP contribution is 2.57. The number of alkyl halides is 3. The Kier molecular flexibility index (Phi) is 5.10. The van der Waals surface area contributed by atoms with Crippen LogP contribution in [-0.2, 0) is 4.74 Å². The molecule has 0 amide bonds. The first-order valence-corrected chi connectivity index (χ1v) is 5.64. The highest BCUT2D eigenvalue weighted by Gasteiger charge is 2.63. The number of rotatable bonds is 2. The Hall–Kier alpha value is -0.250. The zero-order chi connectivity index (χ0) is 12.5. The summed E-state index contributed by atoms with van der Waals surface area (Å²) in [6.07, 6.45) is -3.84. The third-order valence-electron chi connectivity index (χ3n) is 3.33. The predicted molar refractivity (Wildman–Crippen MR) is 72.0 cm³/mol. The topological polar surface area (TPSA) is 50.8 Å². The fraction of sp³-hybridized carbons (Fsp3) is 0.900. The van der Waals surface area contributed by atoms with Crippen LogP contribution in [-0.4, -0.2) is 49.9 Å². The molecule has 1 saturated heterocycles. The van der Waals surface area contributed by atoms with Gasteiger partial charge in [0.25, 0.3) is 0 Å². The molecule has 0 radical (unpaired) electrons. The molecule has 0 spiro atoms. The summed E-state index contributed by atoms with van der Waals surface area (Å²) in [5.41, 5.74) is 4.07. The molecule has 1 saturated carbocycles. The molecule has 4 nitrogen and oxygen atoms in total. The summed E-state index contributed by atoms with van der Waals surface area (Å²) in [5.74, 6) is 0.198. The van der Waals surface area contributed by atoms with Crippen molar-refractivity contribution in [3.63, 3.8) is 0 Å². The van der Waals surface area contributed by atoms with Gasteiger partial charge < -0.3 is 15.4 Å². The minimum Gasteiger partial charge on any atom is -0.378 e. The summed E-state index contributed by atoms with van der Waals surface area (Å²) >= 11 is 0. The summed E-state index contributed by atoms with van der Waals surface area (Å²) in [5, 5.41) is 0. The number of hydrogen-bond donors (Lipinski definition) is 1. The zero-order valence-corrected chi connectivity index (χ0v) is 12.2. The van der Waals surface area contributed by atoms with Crippen molar-refractivity contribution in [2.45, 2.75) is 19.0 Å². The molecule has 106 valence electrons. The Balaban J connectivity index is 0.00000162. The first-order chi connectivity index (χ1) is 7.95. The van der Waals surface area contributed by atoms with Gasteiger partial charge in [-0.1, -0.05) is 0 Å². The molecule has 0 bridgehead atoms. The number of halogens is 4. The second kappa shape index (κ2) is 5.81. The highest BCUT2D eigenvalue weighted by molar-refractivity contribution is 14.0. The van der Waals surface area contributed by atoms with Crippen molar-refractivity contribution in [3.05, 3.63) is 0 Å². The summed E-state index contributed by atoms with van der Waals surface area (Å²) < 4.78 is 43.1. The van der Waals surface area contributed by atoms with Crippen molar-refractivity contribution in [1.29, 1.82) is 0 Å². The van der Waals surface area contributed by atoms with E-state index in [0.29, 0.717) is 26.3 Å². The maximum absolute atomic E-state index is 12.6. The van der Waals surface area contributed by atoms with Crippen LogP contribution in [0.15, 0.2) is 4.99 Å². The van der Waals surface area contributed by atoms with Crippen molar-refractivity contribution in [1.82, 2.24) is 4.90 Å². The van der Waals surface area contributed by atoms with E-state index in [1.807, 2.05) is 0 Å². The van der Waals surface area contributed by atoms with Crippen molar-refractivity contribution in [3.8, 4) is 0 Å². The van der Waals surface area contributed by atoms with Gasteiger partial charge in [0.15, 0.2) is 5.96 Å². The largest absolute Gasteiger partial charge is 0.396 e. The predicted octanol–water partition coefficient (Wildman–Crippen LogP) is 1.59. The number of hydrogen-bond acceptors (Lipinski definition) is 2. The van der Waals surface area contributed by atoms with Crippen LogP contribution < -0.4 is 5.73 Å². The lowest BCUT2D eigenvalue weighted by molar-refractivity contribution is -0.183. The molecule has 1 aliphatic carbocycles. The minimum atomic E-state index is -4.16. The lowest BCUT2D eigenvalue weighted by Gasteiger charge is -2.28. The normalized spacial score (nSPS) is 23.5. The molecule has 1 aliphatic heterocycles. The molecule has 0 aromatic rings. The van der Waals surface area contributed by atoms with Crippen molar-refractivity contribution >= 4 is 29.9 Å². The van der Waals surface area contributed by atoms with Gasteiger partial charge in [-0.3, -0.25) is 4.99 Å². The van der Waals surface area contributed by atoms with Crippen LogP contribution in [0.2, 0.25) is 0 Å². The van der Waals surface area contributed by atoms with Gasteiger partial charge in [-0.05, 0) is 12.8 Å². The molecule has 0 atom stereocenters. The molecule has 8 heteroatoms. The number of morpholine rings is 1. The van der Waals surface area contributed by atoms with Gasteiger partial charge in [0, 0.05) is 13.1 Å². The maximum Gasteiger partial charge on any atom is 0.396 e. The number of guanidine groups is 1. The molecule has 0 aromatic heterocycles. The standard InChI is InChI=1S/C10H16F3N3O.HI/c11-10(12,13)9(1-2-9)7-15-8(14)16-3-5-17-6-4-16;/h1-7H2,(H2,14,15);1H. The van der Waals surface area contributed by atoms with Crippen LogP contribution in [0.25, 0.3) is 0 Å². The van der Waals surface area contributed by atoms with E-state index >= 15 is 0 Å². The second-order valence-corrected chi connectivity index (χ2v) is 4.55. The van der Waals surface area contributed by atoms with E-state index in [1.54, 1.807) is 4.90 Å². The number of aliphatic imine (C=N–C) groups is 1. The molecule has 18 heavy (non-hydrogen) atoms. The van der Waals surface area contributed by atoms with Gasteiger partial charge in [-0.15, -0.1) is 24.0 Å². The van der Waals surface area contributed by atoms with Crippen molar-refractivity contribution < 1.29 is 17.9 Å². The summed E-state index contributed by atoms with van der Waals surface area (Å²) in [7, 11) is 0. The minimum absolute atomic E-state index is 0. The number of nitrogens with two attached hydrogens (primary N) is 1. The molecule has 2 N–H and O–H groups in total. The Morgan fingerprint density at radius 3 is 2.28 bits per heavy atom. The first-order valence-electron chi connectivity index (χ1n) is 5.64. The van der Waals surface area contributed by atoms with Gasteiger partial charge in [0.1, 0.15) is 0 Å². The van der Waals surface area contributed by atoms with Crippen LogP contribution in [0.4, 0.5) is 13.2 Å². The van der Waals surface area contributed by atoms with Crippen LogP contribution in [0, 0.1) is 5.41 Å². The Labute approximate surface area is 121 Å². The highest BCUT2D eigenvalue weighted by atomic mass is 127. The third kappa shape index (κ3) is 3.40. The number of ether oxygens (including phenoxy) is 1. The van der Waals surface area contributed by atoms with E-state index in [0.717, 1.165) is 0 Å². The molecule has 0 unspecified atom stereocenters. The van der Waals surface area contributed by atoms with Crippen LogP contribution >= 0.6 is 24.0 Å². The smallest absolute Gasteiger partial charge is 0.378 e. The Bertz CT molecular complexity index is 312. The average Bonchev–Trinajstić information content (AvgIpc) is 3.07. The van der Waals surface area contributed by atoms with E-state index in [2.05, 4.69) is 4.99 Å². The summed E-state index contributed by atoms with van der Waals surface area (Å²) in [6.45, 7) is 2.02. The summed E-state index contributed by atoms with van der Waals surface area (Å²) in [4.78, 5) is 5.65. The molecule has 2 fully saturated rings. The molecule has 2 rings (SSSR count). The van der Waals surface area contributed by atoms with E-state index in [4.69, 9.17) is 10.5 Å². The SMILES string of the molecule is I.NC(=NCC1(C(F)(F)F)CC1)N1CCOCC1. The average molecular weight is 379 g/mol. The molecular formula is C10H17F3IN3O. The van der Waals surface area contributed by atoms with Gasteiger partial charge in [-0.25, -0.2) is 0 Å². The van der Waals surface area contributed by atoms with Crippen LogP contribution in [0.5, 0.6) is 0 Å². The molecule has 2 aliphatic rings. The summed E-state index contributed by atoms with van der Waals surface area (Å²) in [6, 6.07) is 0. The molecular weight excluding hydrogens is 362 g/mol. The van der Waals surface area contributed by atoms with Crippen molar-refractivity contribution in [2.24, 2.45) is 16.1 Å². The second-order valence-electron chi connectivity index (χ2n) is 4.55. The Morgan fingerprint density at radius 2 is 1.83 bits per heavy atom. The van der Waals surface area contributed by atoms with E-state index in [-0.39, 0.29) is 49.3 Å². The maximum atomic E-state index is 12.6. The van der Waals surface area contributed by atoms with Gasteiger partial charge >= 0.3 is 6.18 Å². The van der Waals surface area contributed by atoms with Crippen molar-refractivity contribution in [2.75, 3.05) is 32.8 Å². The van der Waals surface area contributed by atoms with E-state index < -0.39 is 11.6 Å². The molecule has 1 heterocycles. The molecule has 0 aromatic carbocycles. The van der Waals surface area contributed by atoms with E-state index in [9.17, 15) is 13.2 Å². The Morgan fingerprint density at radius 1 is 1.28 bits per heavy atom. The van der Waals surface area contributed by atoms with Gasteiger partial charge in [-0.2, -0.15) is 13.2 Å². The van der Waals surface area contributed by atoms with Gasteiger partial charge in [0.05, 0.1) is 25.2 Å². The van der Waals surface area contributed by atoms with Crippen LogP contribution in [0.1, 0.15) is 12.8 Å². The fourth-order valence-corrected chi connectivity index (χ4v) is 1.81. The van der Waals surface area contributed by atoms with Gasteiger partial charge in [0.2, 0.25) is 0 Å². The monoisotopic (exact) mass is 379 g/mol. The lowest BCUT2D eigenvalue weighted by Crippen LogP contribution is -2.45. The van der Waals surface area contributed by atoms with Crippen LogP contribution in [0.3, 0.4) is 0 Å². The quantitative estimate of drug-likeness (QED) is 0.451.